The van der Waals surface area contributed by atoms with Crippen molar-refractivity contribution in [1.82, 2.24) is 10.2 Å². The Bertz CT molecular complexity index is 1090. The number of nitrogens with zero attached hydrogens (tertiary/aromatic N) is 3. The monoisotopic (exact) mass is 404 g/mol. The number of hydrogen-bond acceptors (Lipinski definition) is 5. The van der Waals surface area contributed by atoms with Gasteiger partial charge in [-0.1, -0.05) is 13.0 Å². The molecule has 0 saturated carbocycles. The van der Waals surface area contributed by atoms with Crippen LogP contribution in [0.2, 0.25) is 0 Å². The molecule has 2 amide bonds. The summed E-state index contributed by atoms with van der Waals surface area (Å²) in [5.74, 6) is 0.462. The highest BCUT2D eigenvalue weighted by atomic mass is 16.4. The van der Waals surface area contributed by atoms with Gasteiger partial charge in [-0.15, -0.1) is 10.2 Å². The molecule has 1 N–H and O–H groups in total. The summed E-state index contributed by atoms with van der Waals surface area (Å²) in [6.45, 7) is 6.38. The average molecular weight is 404 g/mol. The zero-order chi connectivity index (χ0) is 21.3. The molecule has 0 bridgehead atoms. The van der Waals surface area contributed by atoms with Crippen LogP contribution in [0.25, 0.3) is 11.5 Å². The van der Waals surface area contributed by atoms with E-state index in [-0.39, 0.29) is 24.2 Å². The van der Waals surface area contributed by atoms with Gasteiger partial charge < -0.3 is 14.6 Å². The smallest absolute Gasteiger partial charge is 0.247 e. The predicted octanol–water partition coefficient (Wildman–Crippen LogP) is 3.91. The van der Waals surface area contributed by atoms with Crippen molar-refractivity contribution < 1.29 is 14.0 Å². The van der Waals surface area contributed by atoms with Crippen LogP contribution < -0.4 is 10.2 Å². The molecule has 1 aromatic heterocycles. The number of hydrogen-bond donors (Lipinski definition) is 1. The van der Waals surface area contributed by atoms with Crippen molar-refractivity contribution in [3.8, 4) is 11.5 Å². The lowest BCUT2D eigenvalue weighted by atomic mass is 10.1. The molecule has 1 unspecified atom stereocenters. The van der Waals surface area contributed by atoms with Gasteiger partial charge in [0, 0.05) is 36.3 Å². The van der Waals surface area contributed by atoms with E-state index in [0.29, 0.717) is 30.4 Å². The lowest BCUT2D eigenvalue weighted by Crippen LogP contribution is -2.28. The Morgan fingerprint density at radius 3 is 2.57 bits per heavy atom. The van der Waals surface area contributed by atoms with Gasteiger partial charge in [0.25, 0.3) is 0 Å². The Balaban J connectivity index is 1.41. The SMILES string of the molecule is CCc1nnc(-c2ccc(NC(=O)C3CC(=O)N(c4ccc(C)c(C)c4)C3)cc2)o1. The van der Waals surface area contributed by atoms with E-state index >= 15 is 0 Å². The summed E-state index contributed by atoms with van der Waals surface area (Å²) in [7, 11) is 0. The number of aromatic nitrogens is 2. The van der Waals surface area contributed by atoms with Crippen LogP contribution in [-0.2, 0) is 16.0 Å². The summed E-state index contributed by atoms with van der Waals surface area (Å²) in [6.07, 6.45) is 0.888. The molecule has 7 nitrogen and oxygen atoms in total. The zero-order valence-electron chi connectivity index (χ0n) is 17.3. The fraction of sp³-hybridized carbons (Fsp3) is 0.304. The molecule has 1 saturated heterocycles. The van der Waals surface area contributed by atoms with Gasteiger partial charge in [0.15, 0.2) is 0 Å². The van der Waals surface area contributed by atoms with E-state index in [0.717, 1.165) is 16.8 Å². The van der Waals surface area contributed by atoms with Gasteiger partial charge in [0.1, 0.15) is 0 Å². The van der Waals surface area contributed by atoms with Crippen LogP contribution in [0.4, 0.5) is 11.4 Å². The Kier molecular flexibility index (Phi) is 5.35. The van der Waals surface area contributed by atoms with Gasteiger partial charge in [-0.25, -0.2) is 0 Å². The van der Waals surface area contributed by atoms with Crippen molar-refractivity contribution in [3.63, 3.8) is 0 Å². The Labute approximate surface area is 175 Å². The number of benzene rings is 2. The fourth-order valence-electron chi connectivity index (χ4n) is 3.48. The van der Waals surface area contributed by atoms with E-state index in [2.05, 4.69) is 15.5 Å². The lowest BCUT2D eigenvalue weighted by molar-refractivity contribution is -0.122. The van der Waals surface area contributed by atoms with E-state index in [1.165, 1.54) is 5.56 Å². The lowest BCUT2D eigenvalue weighted by Gasteiger charge is -2.18. The van der Waals surface area contributed by atoms with Crippen LogP contribution in [0.5, 0.6) is 0 Å². The van der Waals surface area contributed by atoms with E-state index in [1.807, 2.05) is 51.1 Å². The number of carbonyl (C=O) groups excluding carboxylic acids is 2. The topological polar surface area (TPSA) is 88.3 Å². The zero-order valence-corrected chi connectivity index (χ0v) is 17.3. The first-order valence-electron chi connectivity index (χ1n) is 10.1. The first-order chi connectivity index (χ1) is 14.4. The van der Waals surface area contributed by atoms with Crippen molar-refractivity contribution in [2.75, 3.05) is 16.8 Å². The highest BCUT2D eigenvalue weighted by molar-refractivity contribution is 6.03. The number of aryl methyl sites for hydroxylation is 3. The summed E-state index contributed by atoms with van der Waals surface area (Å²) in [5.41, 5.74) is 4.59. The molecule has 0 spiro atoms. The second-order valence-electron chi connectivity index (χ2n) is 7.60. The molecule has 1 fully saturated rings. The number of carbonyl (C=O) groups is 2. The van der Waals surface area contributed by atoms with Crippen molar-refractivity contribution in [1.29, 1.82) is 0 Å². The second kappa shape index (κ2) is 8.10. The molecule has 0 aliphatic carbocycles. The van der Waals surface area contributed by atoms with E-state index in [1.54, 1.807) is 17.0 Å². The van der Waals surface area contributed by atoms with Crippen molar-refractivity contribution in [2.45, 2.75) is 33.6 Å². The number of rotatable bonds is 5. The van der Waals surface area contributed by atoms with Crippen LogP contribution in [0.3, 0.4) is 0 Å². The maximum Gasteiger partial charge on any atom is 0.247 e. The number of anilines is 2. The number of nitrogens with one attached hydrogen (secondary N) is 1. The summed E-state index contributed by atoms with van der Waals surface area (Å²) in [6, 6.07) is 13.2. The van der Waals surface area contributed by atoms with Crippen molar-refractivity contribution in [3.05, 3.63) is 59.5 Å². The normalized spacial score (nSPS) is 16.2. The minimum absolute atomic E-state index is 0.0307. The first-order valence-corrected chi connectivity index (χ1v) is 10.1. The minimum Gasteiger partial charge on any atom is -0.421 e. The Morgan fingerprint density at radius 1 is 1.13 bits per heavy atom. The quantitative estimate of drug-likeness (QED) is 0.697. The van der Waals surface area contributed by atoms with Gasteiger partial charge in [-0.2, -0.15) is 0 Å². The summed E-state index contributed by atoms with van der Waals surface area (Å²) in [4.78, 5) is 26.9. The van der Waals surface area contributed by atoms with Crippen LogP contribution in [0.15, 0.2) is 46.9 Å². The van der Waals surface area contributed by atoms with Gasteiger partial charge in [-0.3, -0.25) is 9.59 Å². The third-order valence-corrected chi connectivity index (χ3v) is 5.47. The van der Waals surface area contributed by atoms with Gasteiger partial charge in [-0.05, 0) is 61.4 Å². The van der Waals surface area contributed by atoms with Gasteiger partial charge >= 0.3 is 0 Å². The first kappa shape index (κ1) is 19.8. The molecule has 2 heterocycles. The van der Waals surface area contributed by atoms with Gasteiger partial charge in [0.05, 0.1) is 5.92 Å². The van der Waals surface area contributed by atoms with Crippen LogP contribution in [0, 0.1) is 19.8 Å². The van der Waals surface area contributed by atoms with E-state index in [9.17, 15) is 9.59 Å². The maximum atomic E-state index is 12.7. The maximum absolute atomic E-state index is 12.7. The van der Waals surface area contributed by atoms with Gasteiger partial charge in [0.2, 0.25) is 23.6 Å². The van der Waals surface area contributed by atoms with Crippen LogP contribution >= 0.6 is 0 Å². The molecule has 0 radical (unpaired) electrons. The highest BCUT2D eigenvalue weighted by Crippen LogP contribution is 2.28. The molecular formula is C23H24N4O3. The fourth-order valence-corrected chi connectivity index (χ4v) is 3.48. The van der Waals surface area contributed by atoms with E-state index in [4.69, 9.17) is 4.42 Å². The van der Waals surface area contributed by atoms with E-state index < -0.39 is 0 Å². The minimum atomic E-state index is -0.387. The standard InChI is InChI=1S/C23H24N4O3/c1-4-20-25-26-23(30-20)16-6-8-18(9-7-16)24-22(29)17-12-21(28)27(13-17)19-10-5-14(2)15(3)11-19/h5-11,17H,4,12-13H2,1-3H3,(H,24,29). The molecular weight excluding hydrogens is 380 g/mol. The molecule has 2 aromatic carbocycles. The average Bonchev–Trinajstić information content (AvgIpc) is 3.37. The van der Waals surface area contributed by atoms with Crippen molar-refractivity contribution >= 4 is 23.2 Å². The number of amides is 2. The van der Waals surface area contributed by atoms with Crippen LogP contribution in [0.1, 0.15) is 30.4 Å². The molecule has 1 aliphatic rings. The molecule has 7 heteroatoms. The van der Waals surface area contributed by atoms with Crippen LogP contribution in [-0.4, -0.2) is 28.6 Å². The molecule has 3 aromatic rings. The molecule has 154 valence electrons. The predicted molar refractivity (Wildman–Crippen MR) is 114 cm³/mol. The third-order valence-electron chi connectivity index (χ3n) is 5.47. The molecule has 1 atom stereocenters. The molecule has 4 rings (SSSR count). The van der Waals surface area contributed by atoms with Crippen molar-refractivity contribution in [2.24, 2.45) is 5.92 Å². The Hall–Kier alpha value is -3.48. The molecule has 30 heavy (non-hydrogen) atoms. The summed E-state index contributed by atoms with van der Waals surface area (Å²) >= 11 is 0. The summed E-state index contributed by atoms with van der Waals surface area (Å²) in [5, 5.41) is 10.9. The third kappa shape index (κ3) is 3.96. The highest BCUT2D eigenvalue weighted by Gasteiger charge is 2.35. The largest absolute Gasteiger partial charge is 0.421 e. The molecule has 1 aliphatic heterocycles. The Morgan fingerprint density at radius 2 is 1.90 bits per heavy atom. The second-order valence-corrected chi connectivity index (χ2v) is 7.60. The summed E-state index contributed by atoms with van der Waals surface area (Å²) < 4.78 is 5.55.